The Balaban J connectivity index is 2.20. The van der Waals surface area contributed by atoms with Crippen molar-refractivity contribution in [2.24, 2.45) is 17.1 Å². The molecule has 3 heteroatoms. The Morgan fingerprint density at radius 3 is 2.40 bits per heavy atom. The molecule has 88 valence electrons. The minimum absolute atomic E-state index is 0.0653. The first-order valence-electron chi connectivity index (χ1n) is 6.10. The molecule has 2 rings (SSSR count). The maximum absolute atomic E-state index is 10.9. The van der Waals surface area contributed by atoms with E-state index in [0.29, 0.717) is 19.1 Å². The number of nitrogens with two attached hydrogens (primary N) is 1. The number of ether oxygens (including phenoxy) is 1. The Hall–Kier alpha value is -0.120. The molecule has 0 aliphatic heterocycles. The van der Waals surface area contributed by atoms with Gasteiger partial charge in [0.2, 0.25) is 0 Å². The van der Waals surface area contributed by atoms with Gasteiger partial charge in [-0.2, -0.15) is 0 Å². The molecule has 2 fully saturated rings. The van der Waals surface area contributed by atoms with Gasteiger partial charge < -0.3 is 15.6 Å². The van der Waals surface area contributed by atoms with E-state index in [1.165, 1.54) is 12.8 Å². The zero-order valence-electron chi connectivity index (χ0n) is 9.67. The highest BCUT2D eigenvalue weighted by Gasteiger charge is 2.58. The van der Waals surface area contributed by atoms with Crippen molar-refractivity contribution in [3.05, 3.63) is 0 Å². The first-order valence-corrected chi connectivity index (χ1v) is 6.10. The topological polar surface area (TPSA) is 55.5 Å². The quantitative estimate of drug-likeness (QED) is 0.723. The van der Waals surface area contributed by atoms with Crippen molar-refractivity contribution in [1.29, 1.82) is 0 Å². The molecule has 1 unspecified atom stereocenters. The van der Waals surface area contributed by atoms with Crippen molar-refractivity contribution in [2.45, 2.75) is 44.1 Å². The van der Waals surface area contributed by atoms with Crippen molar-refractivity contribution >= 4 is 0 Å². The minimum atomic E-state index is -0.660. The summed E-state index contributed by atoms with van der Waals surface area (Å²) in [6.07, 6.45) is 6.83. The molecule has 3 nitrogen and oxygen atoms in total. The van der Waals surface area contributed by atoms with E-state index in [-0.39, 0.29) is 5.41 Å². The fourth-order valence-corrected chi connectivity index (χ4v) is 3.35. The Morgan fingerprint density at radius 2 is 2.00 bits per heavy atom. The van der Waals surface area contributed by atoms with Crippen LogP contribution in [-0.4, -0.2) is 31.0 Å². The second-order valence-electron chi connectivity index (χ2n) is 5.32. The summed E-state index contributed by atoms with van der Waals surface area (Å²) in [5.74, 6) is 0.430. The van der Waals surface area contributed by atoms with Crippen molar-refractivity contribution in [3.63, 3.8) is 0 Å². The van der Waals surface area contributed by atoms with E-state index in [1.54, 1.807) is 7.11 Å². The minimum Gasteiger partial charge on any atom is -0.387 e. The average molecular weight is 213 g/mol. The molecule has 15 heavy (non-hydrogen) atoms. The van der Waals surface area contributed by atoms with Crippen LogP contribution >= 0.6 is 0 Å². The normalized spacial score (nSPS) is 29.0. The van der Waals surface area contributed by atoms with Gasteiger partial charge in [-0.1, -0.05) is 12.8 Å². The smallest absolute Gasteiger partial charge is 0.0975 e. The molecule has 2 aliphatic carbocycles. The van der Waals surface area contributed by atoms with Crippen LogP contribution in [0.4, 0.5) is 0 Å². The zero-order valence-corrected chi connectivity index (χ0v) is 9.67. The van der Waals surface area contributed by atoms with E-state index in [1.807, 2.05) is 0 Å². The van der Waals surface area contributed by atoms with E-state index >= 15 is 0 Å². The van der Waals surface area contributed by atoms with E-state index < -0.39 is 5.60 Å². The van der Waals surface area contributed by atoms with Gasteiger partial charge >= 0.3 is 0 Å². The van der Waals surface area contributed by atoms with Crippen molar-refractivity contribution in [2.75, 3.05) is 20.3 Å². The van der Waals surface area contributed by atoms with Gasteiger partial charge in [-0.3, -0.25) is 0 Å². The van der Waals surface area contributed by atoms with Gasteiger partial charge in [-0.15, -0.1) is 0 Å². The summed E-state index contributed by atoms with van der Waals surface area (Å²) in [5, 5.41) is 10.9. The van der Waals surface area contributed by atoms with Crippen molar-refractivity contribution in [1.82, 2.24) is 0 Å². The molecule has 0 aromatic carbocycles. The Morgan fingerprint density at radius 1 is 1.40 bits per heavy atom. The monoisotopic (exact) mass is 213 g/mol. The third-order valence-corrected chi connectivity index (χ3v) is 4.49. The molecule has 2 aliphatic rings. The van der Waals surface area contributed by atoms with Crippen molar-refractivity contribution < 1.29 is 9.84 Å². The Kier molecular flexibility index (Phi) is 3.06. The lowest BCUT2D eigenvalue weighted by atomic mass is 9.68. The van der Waals surface area contributed by atoms with E-state index in [0.717, 1.165) is 25.7 Å². The molecule has 0 saturated heterocycles. The molecular weight excluding hydrogens is 190 g/mol. The van der Waals surface area contributed by atoms with Crippen LogP contribution in [0, 0.1) is 11.3 Å². The molecule has 0 amide bonds. The SMILES string of the molecule is COCC(O)(C1CC1)C1(CN)CCCC1. The van der Waals surface area contributed by atoms with Gasteiger partial charge in [0.15, 0.2) is 0 Å². The van der Waals surface area contributed by atoms with Crippen LogP contribution in [0.5, 0.6) is 0 Å². The molecule has 0 aromatic rings. The van der Waals surface area contributed by atoms with Crippen LogP contribution in [0.1, 0.15) is 38.5 Å². The standard InChI is InChI=1S/C12H23NO2/c1-15-9-12(14,10-4-5-10)11(8-13)6-2-3-7-11/h10,14H,2-9,13H2,1H3. The largest absolute Gasteiger partial charge is 0.387 e. The highest BCUT2D eigenvalue weighted by atomic mass is 16.5. The summed E-state index contributed by atoms with van der Waals surface area (Å²) in [5.41, 5.74) is 5.21. The molecule has 2 saturated carbocycles. The molecule has 3 N–H and O–H groups in total. The number of hydrogen-bond acceptors (Lipinski definition) is 3. The number of aliphatic hydroxyl groups is 1. The summed E-state index contributed by atoms with van der Waals surface area (Å²) < 4.78 is 5.24. The van der Waals surface area contributed by atoms with Gasteiger partial charge in [-0.05, 0) is 31.6 Å². The molecule has 0 bridgehead atoms. The summed E-state index contributed by atoms with van der Waals surface area (Å²) in [7, 11) is 1.67. The first kappa shape index (κ1) is 11.4. The average Bonchev–Trinajstić information content (AvgIpc) is 2.97. The first-order chi connectivity index (χ1) is 7.18. The van der Waals surface area contributed by atoms with Crippen LogP contribution in [0.15, 0.2) is 0 Å². The van der Waals surface area contributed by atoms with E-state index in [2.05, 4.69) is 0 Å². The highest BCUT2D eigenvalue weighted by molar-refractivity contribution is 5.09. The third kappa shape index (κ3) is 1.71. The summed E-state index contributed by atoms with van der Waals surface area (Å²) in [6.45, 7) is 1.05. The van der Waals surface area contributed by atoms with Crippen LogP contribution in [0.25, 0.3) is 0 Å². The van der Waals surface area contributed by atoms with Gasteiger partial charge in [-0.25, -0.2) is 0 Å². The fourth-order valence-electron chi connectivity index (χ4n) is 3.35. The summed E-state index contributed by atoms with van der Waals surface area (Å²) >= 11 is 0. The number of methoxy groups -OCH3 is 1. The second-order valence-corrected chi connectivity index (χ2v) is 5.32. The second kappa shape index (κ2) is 4.04. The van der Waals surface area contributed by atoms with Crippen LogP contribution in [0.3, 0.4) is 0 Å². The summed E-state index contributed by atoms with van der Waals surface area (Å²) in [6, 6.07) is 0. The molecular formula is C12H23NO2. The van der Waals surface area contributed by atoms with E-state index in [4.69, 9.17) is 10.5 Å². The van der Waals surface area contributed by atoms with E-state index in [9.17, 15) is 5.11 Å². The number of hydrogen-bond donors (Lipinski definition) is 2. The van der Waals surface area contributed by atoms with Gasteiger partial charge in [0, 0.05) is 19.1 Å². The predicted octanol–water partition coefficient (Wildman–Crippen LogP) is 1.29. The lowest BCUT2D eigenvalue weighted by molar-refractivity contribution is -0.135. The molecule has 0 spiro atoms. The van der Waals surface area contributed by atoms with Gasteiger partial charge in [0.1, 0.15) is 0 Å². The molecule has 0 radical (unpaired) electrons. The van der Waals surface area contributed by atoms with Gasteiger partial charge in [0.05, 0.1) is 12.2 Å². The predicted molar refractivity (Wildman–Crippen MR) is 59.5 cm³/mol. The number of rotatable bonds is 5. The third-order valence-electron chi connectivity index (χ3n) is 4.49. The van der Waals surface area contributed by atoms with Crippen molar-refractivity contribution in [3.8, 4) is 0 Å². The fraction of sp³-hybridized carbons (Fsp3) is 1.00. The Labute approximate surface area is 92.0 Å². The summed E-state index contributed by atoms with van der Waals surface area (Å²) in [4.78, 5) is 0. The van der Waals surface area contributed by atoms with Crippen LogP contribution in [-0.2, 0) is 4.74 Å². The lowest BCUT2D eigenvalue weighted by Gasteiger charge is -2.44. The highest BCUT2D eigenvalue weighted by Crippen LogP contribution is 2.55. The molecule has 0 aromatic heterocycles. The zero-order chi connectivity index (χ0) is 10.9. The molecule has 1 atom stereocenters. The Bertz CT molecular complexity index is 222. The molecule has 0 heterocycles. The van der Waals surface area contributed by atoms with Gasteiger partial charge in [0.25, 0.3) is 0 Å². The lowest BCUT2D eigenvalue weighted by Crippen LogP contribution is -2.55. The maximum Gasteiger partial charge on any atom is 0.0975 e. The van der Waals surface area contributed by atoms with Crippen LogP contribution in [0.2, 0.25) is 0 Å². The maximum atomic E-state index is 10.9. The van der Waals surface area contributed by atoms with Crippen LogP contribution < -0.4 is 5.73 Å².